The van der Waals surface area contributed by atoms with E-state index in [4.69, 9.17) is 0 Å². The number of benzene rings is 1. The van der Waals surface area contributed by atoms with Crippen LogP contribution in [-0.2, 0) is 0 Å². The van der Waals surface area contributed by atoms with E-state index in [0.717, 1.165) is 0 Å². The Morgan fingerprint density at radius 3 is 2.53 bits per heavy atom. The predicted octanol–water partition coefficient (Wildman–Crippen LogP) is 2.83. The Labute approximate surface area is 112 Å². The van der Waals surface area contributed by atoms with Crippen molar-refractivity contribution in [1.82, 2.24) is 4.90 Å². The van der Waals surface area contributed by atoms with E-state index in [-0.39, 0.29) is 5.69 Å². The van der Waals surface area contributed by atoms with Gasteiger partial charge in [-0.2, -0.15) is 5.26 Å². The third-order valence-electron chi connectivity index (χ3n) is 2.61. The van der Waals surface area contributed by atoms with Crippen LogP contribution < -0.4 is 0 Å². The van der Waals surface area contributed by atoms with E-state index >= 15 is 0 Å². The van der Waals surface area contributed by atoms with Crippen LogP contribution in [0.15, 0.2) is 49.6 Å². The molecule has 5 heteroatoms. The standard InChI is InChI=1S/C14H15N3O2/c1-3-8-16(9-4-2)14(11-15)12-6-5-7-13(10-12)17(18)19/h3-7,10,14H,1-2,8-9H2. The highest BCUT2D eigenvalue weighted by atomic mass is 16.6. The molecular weight excluding hydrogens is 242 g/mol. The number of nitro benzene ring substituents is 1. The van der Waals surface area contributed by atoms with Crippen LogP contribution in [-0.4, -0.2) is 22.9 Å². The largest absolute Gasteiger partial charge is 0.277 e. The molecule has 0 amide bonds. The Bertz CT molecular complexity index is 510. The van der Waals surface area contributed by atoms with E-state index in [1.54, 1.807) is 24.3 Å². The number of hydrogen-bond donors (Lipinski definition) is 0. The molecule has 0 spiro atoms. The van der Waals surface area contributed by atoms with Crippen LogP contribution in [0.25, 0.3) is 0 Å². The third-order valence-corrected chi connectivity index (χ3v) is 2.61. The van der Waals surface area contributed by atoms with E-state index in [9.17, 15) is 15.4 Å². The van der Waals surface area contributed by atoms with Gasteiger partial charge in [0.2, 0.25) is 0 Å². The molecule has 1 aromatic rings. The van der Waals surface area contributed by atoms with Gasteiger partial charge in [-0.05, 0) is 5.56 Å². The van der Waals surface area contributed by atoms with Crippen molar-refractivity contribution in [3.63, 3.8) is 0 Å². The lowest BCUT2D eigenvalue weighted by atomic mass is 10.1. The first-order chi connectivity index (χ1) is 9.13. The third kappa shape index (κ3) is 3.76. The van der Waals surface area contributed by atoms with Crippen molar-refractivity contribution in [2.45, 2.75) is 6.04 Å². The lowest BCUT2D eigenvalue weighted by molar-refractivity contribution is -0.384. The fourth-order valence-corrected chi connectivity index (χ4v) is 1.79. The predicted molar refractivity (Wildman–Crippen MR) is 73.4 cm³/mol. The number of non-ortho nitro benzene ring substituents is 1. The van der Waals surface area contributed by atoms with Gasteiger partial charge in [0.05, 0.1) is 11.0 Å². The van der Waals surface area contributed by atoms with E-state index in [1.165, 1.54) is 12.1 Å². The van der Waals surface area contributed by atoms with Crippen LogP contribution in [0.4, 0.5) is 5.69 Å². The van der Waals surface area contributed by atoms with Crippen molar-refractivity contribution in [3.05, 3.63) is 65.3 Å². The molecule has 0 aliphatic heterocycles. The molecule has 1 unspecified atom stereocenters. The minimum atomic E-state index is -0.559. The summed E-state index contributed by atoms with van der Waals surface area (Å²) < 4.78 is 0. The first kappa shape index (κ1) is 14.6. The van der Waals surface area contributed by atoms with E-state index < -0.39 is 11.0 Å². The lowest BCUT2D eigenvalue weighted by Crippen LogP contribution is -2.28. The molecule has 0 heterocycles. The zero-order valence-electron chi connectivity index (χ0n) is 10.5. The molecule has 0 N–H and O–H groups in total. The number of nitro groups is 1. The molecule has 19 heavy (non-hydrogen) atoms. The Morgan fingerprint density at radius 2 is 2.05 bits per heavy atom. The van der Waals surface area contributed by atoms with E-state index in [0.29, 0.717) is 18.7 Å². The number of nitriles is 1. The number of rotatable bonds is 7. The summed E-state index contributed by atoms with van der Waals surface area (Å²) in [6, 6.07) is 7.72. The van der Waals surface area contributed by atoms with Crippen molar-refractivity contribution >= 4 is 5.69 Å². The molecule has 0 radical (unpaired) electrons. The minimum absolute atomic E-state index is 0.0186. The average molecular weight is 257 g/mol. The van der Waals surface area contributed by atoms with Crippen molar-refractivity contribution in [3.8, 4) is 6.07 Å². The molecule has 0 saturated heterocycles. The second-order valence-corrected chi connectivity index (χ2v) is 3.91. The molecule has 98 valence electrons. The van der Waals surface area contributed by atoms with E-state index in [1.807, 2.05) is 4.90 Å². The van der Waals surface area contributed by atoms with Crippen LogP contribution in [0.5, 0.6) is 0 Å². The summed E-state index contributed by atoms with van der Waals surface area (Å²) in [5, 5.41) is 20.1. The normalized spacial score (nSPS) is 11.6. The maximum absolute atomic E-state index is 10.8. The summed E-state index contributed by atoms with van der Waals surface area (Å²) in [5.41, 5.74) is 0.579. The summed E-state index contributed by atoms with van der Waals surface area (Å²) in [5.74, 6) is 0. The highest BCUT2D eigenvalue weighted by molar-refractivity contribution is 5.37. The van der Waals surface area contributed by atoms with Gasteiger partial charge in [-0.25, -0.2) is 0 Å². The van der Waals surface area contributed by atoms with Crippen LogP contribution in [0.1, 0.15) is 11.6 Å². The van der Waals surface area contributed by atoms with Crippen LogP contribution in [0.2, 0.25) is 0 Å². The van der Waals surface area contributed by atoms with Gasteiger partial charge in [-0.15, -0.1) is 13.2 Å². The van der Waals surface area contributed by atoms with Crippen molar-refractivity contribution in [2.75, 3.05) is 13.1 Å². The highest BCUT2D eigenvalue weighted by Crippen LogP contribution is 2.23. The molecule has 1 rings (SSSR count). The molecule has 0 bridgehead atoms. The zero-order valence-corrected chi connectivity index (χ0v) is 10.5. The number of hydrogen-bond acceptors (Lipinski definition) is 4. The van der Waals surface area contributed by atoms with Gasteiger partial charge in [-0.3, -0.25) is 15.0 Å². The lowest BCUT2D eigenvalue weighted by Gasteiger charge is -2.24. The quantitative estimate of drug-likeness (QED) is 0.428. The zero-order chi connectivity index (χ0) is 14.3. The van der Waals surface area contributed by atoms with Crippen molar-refractivity contribution in [2.24, 2.45) is 0 Å². The maximum Gasteiger partial charge on any atom is 0.269 e. The fraction of sp³-hybridized carbons (Fsp3) is 0.214. The molecule has 0 aliphatic rings. The molecule has 5 nitrogen and oxygen atoms in total. The summed E-state index contributed by atoms with van der Waals surface area (Å²) in [4.78, 5) is 12.1. The van der Waals surface area contributed by atoms with Gasteiger partial charge < -0.3 is 0 Å². The first-order valence-corrected chi connectivity index (χ1v) is 5.73. The molecular formula is C14H15N3O2. The summed E-state index contributed by atoms with van der Waals surface area (Å²) in [7, 11) is 0. The monoisotopic (exact) mass is 257 g/mol. The first-order valence-electron chi connectivity index (χ1n) is 5.73. The van der Waals surface area contributed by atoms with Gasteiger partial charge in [0.1, 0.15) is 6.04 Å². The summed E-state index contributed by atoms with van der Waals surface area (Å²) in [6.45, 7) is 8.30. The average Bonchev–Trinajstić information content (AvgIpc) is 2.40. The van der Waals surface area contributed by atoms with Crippen LogP contribution >= 0.6 is 0 Å². The van der Waals surface area contributed by atoms with E-state index in [2.05, 4.69) is 19.2 Å². The molecule has 0 aromatic heterocycles. The SMILES string of the molecule is C=CCN(CC=C)C(C#N)c1cccc([N+](=O)[O-])c1. The van der Waals surface area contributed by atoms with Gasteiger partial charge >= 0.3 is 0 Å². The van der Waals surface area contributed by atoms with Gasteiger partial charge in [-0.1, -0.05) is 24.3 Å². The van der Waals surface area contributed by atoms with Gasteiger partial charge in [0.25, 0.3) is 5.69 Å². The Hall–Kier alpha value is -2.45. The topological polar surface area (TPSA) is 70.2 Å². The smallest absolute Gasteiger partial charge is 0.269 e. The van der Waals surface area contributed by atoms with Crippen LogP contribution in [0.3, 0.4) is 0 Å². The van der Waals surface area contributed by atoms with Crippen molar-refractivity contribution < 1.29 is 4.92 Å². The summed E-state index contributed by atoms with van der Waals surface area (Å²) >= 11 is 0. The number of nitrogens with zero attached hydrogens (tertiary/aromatic N) is 3. The molecule has 0 saturated carbocycles. The maximum atomic E-state index is 10.8. The van der Waals surface area contributed by atoms with Crippen LogP contribution in [0, 0.1) is 21.4 Å². The van der Waals surface area contributed by atoms with Crippen molar-refractivity contribution in [1.29, 1.82) is 5.26 Å². The second-order valence-electron chi connectivity index (χ2n) is 3.91. The fourth-order valence-electron chi connectivity index (χ4n) is 1.79. The molecule has 1 aromatic carbocycles. The Balaban J connectivity index is 3.10. The Kier molecular flexibility index (Phi) is 5.45. The minimum Gasteiger partial charge on any atom is -0.277 e. The second kappa shape index (κ2) is 7.09. The molecule has 0 fully saturated rings. The van der Waals surface area contributed by atoms with Gasteiger partial charge in [0, 0.05) is 25.2 Å². The molecule has 1 atom stereocenters. The van der Waals surface area contributed by atoms with Gasteiger partial charge in [0.15, 0.2) is 0 Å². The molecule has 0 aliphatic carbocycles. The summed E-state index contributed by atoms with van der Waals surface area (Å²) in [6.07, 6.45) is 3.37. The highest BCUT2D eigenvalue weighted by Gasteiger charge is 2.20. The Morgan fingerprint density at radius 1 is 1.42 bits per heavy atom.